The van der Waals surface area contributed by atoms with E-state index < -0.39 is 0 Å². The van der Waals surface area contributed by atoms with Crippen molar-refractivity contribution in [3.05, 3.63) is 54.8 Å². The number of aryl methyl sites for hydroxylation is 2. The molecule has 2 aromatic rings. The maximum atomic E-state index is 3.91. The highest BCUT2D eigenvalue weighted by molar-refractivity contribution is 14.1. The molecule has 0 aliphatic heterocycles. The molecular weight excluding hydrogens is 389 g/mol. The third kappa shape index (κ3) is 3.51. The van der Waals surface area contributed by atoms with E-state index >= 15 is 0 Å². The standard InChI is InChI=1S/C18H22INS/c1-3-15(13-9-7-12(2)8-10-13)20-16-5-4-6-17-14(16)11-18(19)21-17/h7-11,15-16,20H,3-6H2,1-2H3. The molecule has 0 radical (unpaired) electrons. The number of rotatable bonds is 4. The van der Waals surface area contributed by atoms with E-state index in [9.17, 15) is 0 Å². The van der Waals surface area contributed by atoms with E-state index in [1.54, 1.807) is 10.4 Å². The zero-order chi connectivity index (χ0) is 14.8. The van der Waals surface area contributed by atoms with E-state index in [0.29, 0.717) is 12.1 Å². The topological polar surface area (TPSA) is 12.0 Å². The monoisotopic (exact) mass is 411 g/mol. The summed E-state index contributed by atoms with van der Waals surface area (Å²) in [6, 6.07) is 12.4. The molecule has 1 aliphatic rings. The number of nitrogens with one attached hydrogen (secondary N) is 1. The first kappa shape index (κ1) is 15.5. The van der Waals surface area contributed by atoms with Gasteiger partial charge in [-0.1, -0.05) is 36.8 Å². The van der Waals surface area contributed by atoms with Crippen molar-refractivity contribution in [1.29, 1.82) is 0 Å². The first-order valence-corrected chi connectivity index (χ1v) is 9.67. The van der Waals surface area contributed by atoms with Crippen molar-refractivity contribution in [1.82, 2.24) is 5.32 Å². The van der Waals surface area contributed by atoms with Gasteiger partial charge in [-0.25, -0.2) is 0 Å². The van der Waals surface area contributed by atoms with Crippen molar-refractivity contribution in [2.45, 2.75) is 51.6 Å². The van der Waals surface area contributed by atoms with Crippen LogP contribution in [0.15, 0.2) is 30.3 Å². The van der Waals surface area contributed by atoms with Crippen LogP contribution in [0, 0.1) is 9.81 Å². The molecule has 1 aromatic carbocycles. The van der Waals surface area contributed by atoms with Gasteiger partial charge in [-0.15, -0.1) is 11.3 Å². The van der Waals surface area contributed by atoms with Gasteiger partial charge in [0.1, 0.15) is 0 Å². The van der Waals surface area contributed by atoms with E-state index in [-0.39, 0.29) is 0 Å². The van der Waals surface area contributed by atoms with Gasteiger partial charge in [0.15, 0.2) is 0 Å². The Kier molecular flexibility index (Phi) is 5.02. The molecule has 2 atom stereocenters. The number of hydrogen-bond donors (Lipinski definition) is 1. The maximum absolute atomic E-state index is 3.91. The minimum Gasteiger partial charge on any atom is -0.303 e. The van der Waals surface area contributed by atoms with Crippen LogP contribution in [0.25, 0.3) is 0 Å². The summed E-state index contributed by atoms with van der Waals surface area (Å²) < 4.78 is 1.43. The largest absolute Gasteiger partial charge is 0.303 e. The van der Waals surface area contributed by atoms with Crippen LogP contribution in [0.1, 0.15) is 59.8 Å². The smallest absolute Gasteiger partial charge is 0.0659 e. The van der Waals surface area contributed by atoms with E-state index in [1.807, 2.05) is 11.3 Å². The van der Waals surface area contributed by atoms with Crippen LogP contribution in [-0.2, 0) is 6.42 Å². The van der Waals surface area contributed by atoms with Gasteiger partial charge >= 0.3 is 0 Å². The summed E-state index contributed by atoms with van der Waals surface area (Å²) in [6.45, 7) is 4.43. The van der Waals surface area contributed by atoms with Crippen molar-refractivity contribution in [3.63, 3.8) is 0 Å². The zero-order valence-electron chi connectivity index (χ0n) is 12.7. The van der Waals surface area contributed by atoms with Crippen molar-refractivity contribution in [2.75, 3.05) is 0 Å². The van der Waals surface area contributed by atoms with Gasteiger partial charge in [-0.05, 0) is 72.4 Å². The zero-order valence-corrected chi connectivity index (χ0v) is 15.6. The molecule has 2 unspecified atom stereocenters. The molecule has 0 fully saturated rings. The fourth-order valence-electron chi connectivity index (χ4n) is 3.19. The highest BCUT2D eigenvalue weighted by Gasteiger charge is 2.24. The van der Waals surface area contributed by atoms with Crippen LogP contribution >= 0.6 is 33.9 Å². The average molecular weight is 411 g/mol. The van der Waals surface area contributed by atoms with Gasteiger partial charge in [0, 0.05) is 17.0 Å². The molecular formula is C18H22INS. The number of halogens is 1. The Morgan fingerprint density at radius 3 is 2.81 bits per heavy atom. The van der Waals surface area contributed by atoms with Crippen LogP contribution in [0.5, 0.6) is 0 Å². The Hall–Kier alpha value is -0.390. The minimum absolute atomic E-state index is 0.458. The number of hydrogen-bond acceptors (Lipinski definition) is 2. The molecule has 0 saturated carbocycles. The highest BCUT2D eigenvalue weighted by Crippen LogP contribution is 2.37. The highest BCUT2D eigenvalue weighted by atomic mass is 127. The number of benzene rings is 1. The van der Waals surface area contributed by atoms with Crippen LogP contribution in [0.4, 0.5) is 0 Å². The normalized spacial score (nSPS) is 19.3. The summed E-state index contributed by atoms with van der Waals surface area (Å²) in [7, 11) is 0. The lowest BCUT2D eigenvalue weighted by atomic mass is 9.92. The van der Waals surface area contributed by atoms with Gasteiger partial charge < -0.3 is 5.32 Å². The van der Waals surface area contributed by atoms with Crippen LogP contribution in [0.3, 0.4) is 0 Å². The lowest BCUT2D eigenvalue weighted by Crippen LogP contribution is -2.28. The molecule has 0 bridgehead atoms. The van der Waals surface area contributed by atoms with Gasteiger partial charge in [-0.3, -0.25) is 0 Å². The third-order valence-electron chi connectivity index (χ3n) is 4.37. The summed E-state index contributed by atoms with van der Waals surface area (Å²) in [5, 5.41) is 3.91. The molecule has 1 heterocycles. The van der Waals surface area contributed by atoms with Crippen LogP contribution in [-0.4, -0.2) is 0 Å². The van der Waals surface area contributed by atoms with Crippen molar-refractivity contribution in [3.8, 4) is 0 Å². The molecule has 3 heteroatoms. The van der Waals surface area contributed by atoms with Gasteiger partial charge in [-0.2, -0.15) is 0 Å². The maximum Gasteiger partial charge on any atom is 0.0659 e. The summed E-state index contributed by atoms with van der Waals surface area (Å²) in [5.41, 5.74) is 4.31. The molecule has 1 N–H and O–H groups in total. The van der Waals surface area contributed by atoms with Crippen LogP contribution in [0.2, 0.25) is 0 Å². The molecule has 0 amide bonds. The van der Waals surface area contributed by atoms with E-state index in [4.69, 9.17) is 0 Å². The van der Waals surface area contributed by atoms with Crippen molar-refractivity contribution in [2.24, 2.45) is 0 Å². The summed E-state index contributed by atoms with van der Waals surface area (Å²) in [4.78, 5) is 1.60. The summed E-state index contributed by atoms with van der Waals surface area (Å²) >= 11 is 4.43. The van der Waals surface area contributed by atoms with Crippen molar-refractivity contribution >= 4 is 33.9 Å². The Labute approximate surface area is 145 Å². The lowest BCUT2D eigenvalue weighted by molar-refractivity contribution is 0.395. The van der Waals surface area contributed by atoms with Gasteiger partial charge in [0.05, 0.1) is 2.88 Å². The van der Waals surface area contributed by atoms with Crippen LogP contribution < -0.4 is 5.32 Å². The van der Waals surface area contributed by atoms with Gasteiger partial charge in [0.25, 0.3) is 0 Å². The predicted molar refractivity (Wildman–Crippen MR) is 100 cm³/mol. The molecule has 21 heavy (non-hydrogen) atoms. The van der Waals surface area contributed by atoms with E-state index in [0.717, 1.165) is 6.42 Å². The second kappa shape index (κ2) is 6.80. The summed E-state index contributed by atoms with van der Waals surface area (Å²) in [5.74, 6) is 0. The molecule has 112 valence electrons. The lowest BCUT2D eigenvalue weighted by Gasteiger charge is -2.29. The Bertz CT molecular complexity index is 602. The second-order valence-electron chi connectivity index (χ2n) is 5.91. The van der Waals surface area contributed by atoms with Gasteiger partial charge in [0.2, 0.25) is 0 Å². The fraction of sp³-hybridized carbons (Fsp3) is 0.444. The quantitative estimate of drug-likeness (QED) is 0.629. The van der Waals surface area contributed by atoms with E-state index in [2.05, 4.69) is 72.1 Å². The fourth-order valence-corrected chi connectivity index (χ4v) is 5.31. The molecule has 1 aromatic heterocycles. The van der Waals surface area contributed by atoms with Crippen molar-refractivity contribution < 1.29 is 0 Å². The molecule has 1 aliphatic carbocycles. The first-order valence-electron chi connectivity index (χ1n) is 7.78. The molecule has 3 rings (SSSR count). The average Bonchev–Trinajstić information content (AvgIpc) is 2.87. The molecule has 1 nitrogen and oxygen atoms in total. The number of fused-ring (bicyclic) bond motifs is 1. The van der Waals surface area contributed by atoms with E-state index in [1.165, 1.54) is 33.3 Å². The second-order valence-corrected chi connectivity index (χ2v) is 8.94. The Balaban J connectivity index is 1.80. The molecule has 0 spiro atoms. The first-order chi connectivity index (χ1) is 10.2. The minimum atomic E-state index is 0.458. The predicted octanol–water partition coefficient (Wildman–Crippen LogP) is 5.78. The third-order valence-corrected chi connectivity index (χ3v) is 6.35. The SMILES string of the molecule is CCC(NC1CCCc2sc(I)cc21)c1ccc(C)cc1. The summed E-state index contributed by atoms with van der Waals surface area (Å²) in [6.07, 6.45) is 4.98. The Morgan fingerprint density at radius 1 is 1.33 bits per heavy atom. The molecule has 0 saturated heterocycles. The number of thiophene rings is 1. The Morgan fingerprint density at radius 2 is 2.10 bits per heavy atom.